The maximum absolute atomic E-state index is 13.6. The van der Waals surface area contributed by atoms with Crippen LogP contribution in [0.5, 0.6) is 11.5 Å². The van der Waals surface area contributed by atoms with Gasteiger partial charge in [-0.15, -0.1) is 0 Å². The summed E-state index contributed by atoms with van der Waals surface area (Å²) in [5.74, 6) is 0.187. The average molecular weight is 504 g/mol. The molecule has 0 radical (unpaired) electrons. The molecule has 0 amide bonds. The second-order valence-electron chi connectivity index (χ2n) is 7.57. The van der Waals surface area contributed by atoms with Crippen LogP contribution in [0.15, 0.2) is 82.1 Å². The van der Waals surface area contributed by atoms with Gasteiger partial charge < -0.3 is 19.1 Å². The number of pyridine rings is 1. The number of carboxylic acid groups (broad SMARTS) is 1. The summed E-state index contributed by atoms with van der Waals surface area (Å²) in [6, 6.07) is 20.7. The van der Waals surface area contributed by atoms with Gasteiger partial charge in [0.25, 0.3) is 5.56 Å². The molecule has 6 nitrogen and oxygen atoms in total. The molecule has 1 aliphatic rings. The molecule has 33 heavy (non-hydrogen) atoms. The normalized spacial score (nSPS) is 12.5. The first kappa shape index (κ1) is 21.0. The third-order valence-electron chi connectivity index (χ3n) is 5.50. The Kier molecular flexibility index (Phi) is 5.48. The molecule has 2 heterocycles. The minimum absolute atomic E-state index is 0.161. The van der Waals surface area contributed by atoms with Gasteiger partial charge in [-0.05, 0) is 52.9 Å². The number of halogens is 1. The summed E-state index contributed by atoms with van der Waals surface area (Å²) in [5.41, 5.74) is 2.80. The van der Waals surface area contributed by atoms with Gasteiger partial charge in [0.05, 0.1) is 12.2 Å². The SMILES string of the molecule is O=C(O)/C=C/c1c(-c2ccccc2)c2cc(Br)ccc2c(=O)n1Cc1ccc2c(c1)OCO2. The second kappa shape index (κ2) is 8.60. The average Bonchev–Trinajstić information content (AvgIpc) is 3.28. The van der Waals surface area contributed by atoms with E-state index in [0.29, 0.717) is 22.6 Å². The molecule has 0 bridgehead atoms. The van der Waals surface area contributed by atoms with Crippen LogP contribution in [0.4, 0.5) is 0 Å². The Morgan fingerprint density at radius 1 is 1.00 bits per heavy atom. The molecule has 0 saturated carbocycles. The van der Waals surface area contributed by atoms with Crippen molar-refractivity contribution in [3.63, 3.8) is 0 Å². The van der Waals surface area contributed by atoms with Gasteiger partial charge in [0.2, 0.25) is 6.79 Å². The van der Waals surface area contributed by atoms with Crippen LogP contribution in [-0.4, -0.2) is 22.4 Å². The third kappa shape index (κ3) is 4.03. The van der Waals surface area contributed by atoms with Crippen molar-refractivity contribution in [1.29, 1.82) is 0 Å². The van der Waals surface area contributed by atoms with Crippen LogP contribution < -0.4 is 15.0 Å². The van der Waals surface area contributed by atoms with Gasteiger partial charge in [0.1, 0.15) is 0 Å². The summed E-state index contributed by atoms with van der Waals surface area (Å²) < 4.78 is 13.3. The first-order chi connectivity index (χ1) is 16.0. The number of aromatic nitrogens is 1. The number of nitrogens with zero attached hydrogens (tertiary/aromatic N) is 1. The molecular weight excluding hydrogens is 486 g/mol. The lowest BCUT2D eigenvalue weighted by atomic mass is 9.96. The summed E-state index contributed by atoms with van der Waals surface area (Å²) in [4.78, 5) is 25.0. The predicted octanol–water partition coefficient (Wildman–Crippen LogP) is 5.31. The highest BCUT2D eigenvalue weighted by molar-refractivity contribution is 9.10. The van der Waals surface area contributed by atoms with Gasteiger partial charge in [-0.2, -0.15) is 0 Å². The van der Waals surface area contributed by atoms with Crippen LogP contribution in [0.1, 0.15) is 11.3 Å². The summed E-state index contributed by atoms with van der Waals surface area (Å²) >= 11 is 3.50. The van der Waals surface area contributed by atoms with E-state index in [2.05, 4.69) is 15.9 Å². The molecule has 0 saturated heterocycles. The van der Waals surface area contributed by atoms with Crippen LogP contribution in [0, 0.1) is 0 Å². The van der Waals surface area contributed by atoms with E-state index in [4.69, 9.17) is 9.47 Å². The second-order valence-corrected chi connectivity index (χ2v) is 8.48. The standard InChI is InChI=1S/C26H18BrNO5/c27-18-7-8-19-20(13-18)25(17-4-2-1-3-5-17)21(9-11-24(29)30)28(26(19)31)14-16-6-10-22-23(12-16)33-15-32-22/h1-13H,14-15H2,(H,29,30)/b11-9+. The molecular formula is C26H18BrNO5. The smallest absolute Gasteiger partial charge is 0.328 e. The number of fused-ring (bicyclic) bond motifs is 2. The van der Waals surface area contributed by atoms with E-state index in [9.17, 15) is 14.7 Å². The van der Waals surface area contributed by atoms with Crippen molar-refractivity contribution in [2.75, 3.05) is 6.79 Å². The van der Waals surface area contributed by atoms with E-state index in [1.807, 2.05) is 60.7 Å². The quantitative estimate of drug-likeness (QED) is 0.373. The van der Waals surface area contributed by atoms with Crippen molar-refractivity contribution in [1.82, 2.24) is 4.57 Å². The molecule has 1 aromatic heterocycles. The zero-order chi connectivity index (χ0) is 22.9. The van der Waals surface area contributed by atoms with Crippen LogP contribution in [0.2, 0.25) is 0 Å². The Morgan fingerprint density at radius 3 is 2.58 bits per heavy atom. The zero-order valence-electron chi connectivity index (χ0n) is 17.3. The van der Waals surface area contributed by atoms with Crippen molar-refractivity contribution >= 4 is 38.7 Å². The highest BCUT2D eigenvalue weighted by Crippen LogP contribution is 2.35. The maximum atomic E-state index is 13.6. The highest BCUT2D eigenvalue weighted by Gasteiger charge is 2.19. The van der Waals surface area contributed by atoms with Crippen molar-refractivity contribution in [2.24, 2.45) is 0 Å². The van der Waals surface area contributed by atoms with E-state index in [-0.39, 0.29) is 18.9 Å². The van der Waals surface area contributed by atoms with Gasteiger partial charge in [0.15, 0.2) is 11.5 Å². The molecule has 7 heteroatoms. The van der Waals surface area contributed by atoms with E-state index in [0.717, 1.165) is 32.6 Å². The zero-order valence-corrected chi connectivity index (χ0v) is 18.9. The molecule has 0 spiro atoms. The van der Waals surface area contributed by atoms with Crippen LogP contribution in [-0.2, 0) is 11.3 Å². The number of benzene rings is 3. The fraction of sp³-hybridized carbons (Fsp3) is 0.0769. The third-order valence-corrected chi connectivity index (χ3v) is 5.99. The number of ether oxygens (including phenoxy) is 2. The fourth-order valence-electron chi connectivity index (χ4n) is 4.05. The van der Waals surface area contributed by atoms with Crippen molar-refractivity contribution in [2.45, 2.75) is 6.54 Å². The lowest BCUT2D eigenvalue weighted by Crippen LogP contribution is -2.24. The molecule has 5 rings (SSSR count). The van der Waals surface area contributed by atoms with Crippen LogP contribution in [0.25, 0.3) is 28.0 Å². The summed E-state index contributed by atoms with van der Waals surface area (Å²) in [6.45, 7) is 0.398. The molecule has 4 aromatic rings. The van der Waals surface area contributed by atoms with Gasteiger partial charge >= 0.3 is 5.97 Å². The molecule has 0 unspecified atom stereocenters. The van der Waals surface area contributed by atoms with Gasteiger partial charge in [-0.3, -0.25) is 4.79 Å². The highest BCUT2D eigenvalue weighted by atomic mass is 79.9. The number of hydrogen-bond acceptors (Lipinski definition) is 4. The number of aliphatic carboxylic acids is 1. The lowest BCUT2D eigenvalue weighted by molar-refractivity contribution is -0.131. The molecule has 0 atom stereocenters. The van der Waals surface area contributed by atoms with Gasteiger partial charge in [0, 0.05) is 21.5 Å². The number of hydrogen-bond donors (Lipinski definition) is 1. The summed E-state index contributed by atoms with van der Waals surface area (Å²) in [7, 11) is 0. The minimum atomic E-state index is -1.09. The first-order valence-electron chi connectivity index (χ1n) is 10.2. The Hall–Kier alpha value is -3.84. The van der Waals surface area contributed by atoms with E-state index in [1.54, 1.807) is 10.6 Å². The Bertz CT molecular complexity index is 1470. The number of rotatable bonds is 5. The monoisotopic (exact) mass is 503 g/mol. The van der Waals surface area contributed by atoms with E-state index >= 15 is 0 Å². The van der Waals surface area contributed by atoms with E-state index in [1.165, 1.54) is 6.08 Å². The Morgan fingerprint density at radius 2 is 1.79 bits per heavy atom. The topological polar surface area (TPSA) is 77.8 Å². The van der Waals surface area contributed by atoms with E-state index < -0.39 is 5.97 Å². The van der Waals surface area contributed by atoms with Crippen LogP contribution in [0.3, 0.4) is 0 Å². The van der Waals surface area contributed by atoms with Crippen molar-refractivity contribution < 1.29 is 19.4 Å². The molecule has 1 aliphatic heterocycles. The first-order valence-corrected chi connectivity index (χ1v) is 11.0. The number of carbonyl (C=O) groups is 1. The minimum Gasteiger partial charge on any atom is -0.478 e. The predicted molar refractivity (Wildman–Crippen MR) is 130 cm³/mol. The maximum Gasteiger partial charge on any atom is 0.328 e. The molecule has 0 fully saturated rings. The van der Waals surface area contributed by atoms with Gasteiger partial charge in [-0.25, -0.2) is 4.79 Å². The van der Waals surface area contributed by atoms with Crippen molar-refractivity contribution in [3.8, 4) is 22.6 Å². The summed E-state index contributed by atoms with van der Waals surface area (Å²) in [6.07, 6.45) is 2.54. The molecule has 0 aliphatic carbocycles. The Labute approximate surface area is 197 Å². The largest absolute Gasteiger partial charge is 0.478 e. The van der Waals surface area contributed by atoms with Crippen LogP contribution >= 0.6 is 15.9 Å². The Balaban J connectivity index is 1.81. The summed E-state index contributed by atoms with van der Waals surface area (Å²) in [5, 5.41) is 10.6. The lowest BCUT2D eigenvalue weighted by Gasteiger charge is -2.19. The molecule has 164 valence electrons. The van der Waals surface area contributed by atoms with Crippen molar-refractivity contribution in [3.05, 3.63) is 98.9 Å². The molecule has 3 aromatic carbocycles. The van der Waals surface area contributed by atoms with Gasteiger partial charge in [-0.1, -0.05) is 52.3 Å². The number of carboxylic acids is 1. The molecule has 1 N–H and O–H groups in total. The fourth-order valence-corrected chi connectivity index (χ4v) is 4.41.